The summed E-state index contributed by atoms with van der Waals surface area (Å²) >= 11 is 3.59. The van der Waals surface area contributed by atoms with E-state index >= 15 is 0 Å². The number of hydrogen-bond acceptors (Lipinski definition) is 5. The van der Waals surface area contributed by atoms with E-state index in [0.29, 0.717) is 23.7 Å². The summed E-state index contributed by atoms with van der Waals surface area (Å²) in [6, 6.07) is 17.3. The topological polar surface area (TPSA) is 69.2 Å². The van der Waals surface area contributed by atoms with Crippen molar-refractivity contribution in [2.45, 2.75) is 19.4 Å². The molecule has 0 radical (unpaired) electrons. The highest BCUT2D eigenvalue weighted by Crippen LogP contribution is 2.34. The van der Waals surface area contributed by atoms with Crippen LogP contribution in [0.25, 0.3) is 10.8 Å². The standard InChI is InChI=1S/C22H19BrN2O4/c1-2-17(29-19-10-8-15-5-3-4-6-16(15)21(19)23)22(26)25-24-12-14-7-9-18-20(11-14)28-13-27-18/h3-12,17H,2,13H2,1H3,(H,25,26)/b24-12+. The Bertz CT molecular complexity index is 1080. The highest BCUT2D eigenvalue weighted by molar-refractivity contribution is 9.10. The lowest BCUT2D eigenvalue weighted by atomic mass is 10.1. The number of hydrazone groups is 1. The van der Waals surface area contributed by atoms with E-state index in [2.05, 4.69) is 26.5 Å². The van der Waals surface area contributed by atoms with Crippen LogP contribution in [0.3, 0.4) is 0 Å². The van der Waals surface area contributed by atoms with Crippen molar-refractivity contribution in [1.82, 2.24) is 5.43 Å². The van der Waals surface area contributed by atoms with E-state index in [1.54, 1.807) is 18.3 Å². The Morgan fingerprint density at radius 2 is 2.03 bits per heavy atom. The average Bonchev–Trinajstić information content (AvgIpc) is 3.21. The number of ether oxygens (including phenoxy) is 3. The summed E-state index contributed by atoms with van der Waals surface area (Å²) in [4.78, 5) is 12.5. The molecule has 29 heavy (non-hydrogen) atoms. The molecule has 0 bridgehead atoms. The van der Waals surface area contributed by atoms with Gasteiger partial charge in [-0.1, -0.05) is 37.3 Å². The molecule has 6 nitrogen and oxygen atoms in total. The maximum absolute atomic E-state index is 12.5. The molecule has 1 unspecified atom stereocenters. The normalized spacial score (nSPS) is 13.6. The van der Waals surface area contributed by atoms with E-state index < -0.39 is 6.10 Å². The average molecular weight is 455 g/mol. The second-order valence-corrected chi connectivity index (χ2v) is 7.25. The fourth-order valence-electron chi connectivity index (χ4n) is 3.02. The summed E-state index contributed by atoms with van der Waals surface area (Å²) in [5.41, 5.74) is 3.34. The first-order valence-corrected chi connectivity index (χ1v) is 10.0. The maximum Gasteiger partial charge on any atom is 0.281 e. The monoisotopic (exact) mass is 454 g/mol. The zero-order valence-electron chi connectivity index (χ0n) is 15.7. The van der Waals surface area contributed by atoms with Crippen molar-refractivity contribution in [3.8, 4) is 17.2 Å². The van der Waals surface area contributed by atoms with Gasteiger partial charge in [0.05, 0.1) is 10.7 Å². The van der Waals surface area contributed by atoms with Gasteiger partial charge in [0.1, 0.15) is 5.75 Å². The molecule has 1 heterocycles. The van der Waals surface area contributed by atoms with Crippen molar-refractivity contribution in [3.05, 3.63) is 64.6 Å². The van der Waals surface area contributed by atoms with Gasteiger partial charge in [0, 0.05) is 0 Å². The van der Waals surface area contributed by atoms with Gasteiger partial charge >= 0.3 is 0 Å². The fraction of sp³-hybridized carbons (Fsp3) is 0.182. The number of nitrogens with zero attached hydrogens (tertiary/aromatic N) is 1. The zero-order valence-corrected chi connectivity index (χ0v) is 17.3. The minimum atomic E-state index is -0.665. The van der Waals surface area contributed by atoms with Crippen molar-refractivity contribution < 1.29 is 19.0 Å². The van der Waals surface area contributed by atoms with E-state index in [1.807, 2.05) is 49.4 Å². The minimum absolute atomic E-state index is 0.215. The molecule has 1 atom stereocenters. The van der Waals surface area contributed by atoms with Gasteiger partial charge in [-0.2, -0.15) is 5.10 Å². The lowest BCUT2D eigenvalue weighted by Crippen LogP contribution is -2.35. The Kier molecular flexibility index (Phi) is 5.67. The van der Waals surface area contributed by atoms with E-state index in [4.69, 9.17) is 14.2 Å². The third kappa shape index (κ3) is 4.19. The number of nitrogens with one attached hydrogen (secondary N) is 1. The number of halogens is 1. The van der Waals surface area contributed by atoms with Crippen LogP contribution in [0.4, 0.5) is 0 Å². The quantitative estimate of drug-likeness (QED) is 0.435. The van der Waals surface area contributed by atoms with Crippen LogP contribution in [0.5, 0.6) is 17.2 Å². The molecular weight excluding hydrogens is 436 g/mol. The van der Waals surface area contributed by atoms with E-state index in [9.17, 15) is 4.79 Å². The molecule has 1 aliphatic heterocycles. The molecule has 1 N–H and O–H groups in total. The number of fused-ring (bicyclic) bond motifs is 2. The van der Waals surface area contributed by atoms with Gasteiger partial charge in [0.25, 0.3) is 5.91 Å². The molecule has 4 rings (SSSR count). The molecule has 0 fully saturated rings. The van der Waals surface area contributed by atoms with Crippen LogP contribution >= 0.6 is 15.9 Å². The minimum Gasteiger partial charge on any atom is -0.479 e. The number of amides is 1. The third-order valence-electron chi connectivity index (χ3n) is 4.55. The van der Waals surface area contributed by atoms with Crippen molar-refractivity contribution in [1.29, 1.82) is 0 Å². The van der Waals surface area contributed by atoms with Crippen LogP contribution in [0, 0.1) is 0 Å². The van der Waals surface area contributed by atoms with Gasteiger partial charge in [-0.15, -0.1) is 0 Å². The molecule has 1 aliphatic rings. The smallest absolute Gasteiger partial charge is 0.281 e. The molecule has 3 aromatic rings. The molecular formula is C22H19BrN2O4. The van der Waals surface area contributed by atoms with Crippen LogP contribution in [0.1, 0.15) is 18.9 Å². The summed E-state index contributed by atoms with van der Waals surface area (Å²) in [7, 11) is 0. The first-order valence-electron chi connectivity index (χ1n) is 9.22. The Morgan fingerprint density at radius 3 is 2.90 bits per heavy atom. The fourth-order valence-corrected chi connectivity index (χ4v) is 3.60. The van der Waals surface area contributed by atoms with Gasteiger partial charge < -0.3 is 14.2 Å². The van der Waals surface area contributed by atoms with Crippen LogP contribution in [0.15, 0.2) is 64.2 Å². The van der Waals surface area contributed by atoms with Crippen molar-refractivity contribution in [3.63, 3.8) is 0 Å². The van der Waals surface area contributed by atoms with Crippen LogP contribution < -0.4 is 19.6 Å². The SMILES string of the molecule is CCC(Oc1ccc2ccccc2c1Br)C(=O)N/N=C/c1ccc2c(c1)OCO2. The van der Waals surface area contributed by atoms with E-state index in [1.165, 1.54) is 0 Å². The van der Waals surface area contributed by atoms with Crippen LogP contribution in [-0.2, 0) is 4.79 Å². The summed E-state index contributed by atoms with van der Waals surface area (Å²) in [6.45, 7) is 2.10. The van der Waals surface area contributed by atoms with Gasteiger partial charge in [-0.3, -0.25) is 4.79 Å². The molecule has 0 aliphatic carbocycles. The first-order chi connectivity index (χ1) is 14.2. The molecule has 1 amide bonds. The summed E-state index contributed by atoms with van der Waals surface area (Å²) < 4.78 is 17.4. The molecule has 0 aromatic heterocycles. The molecule has 0 saturated heterocycles. The Morgan fingerprint density at radius 1 is 1.21 bits per heavy atom. The Balaban J connectivity index is 1.42. The second kappa shape index (κ2) is 8.53. The molecule has 0 saturated carbocycles. The predicted octanol–water partition coefficient (Wildman–Crippen LogP) is 4.64. The van der Waals surface area contributed by atoms with Crippen LogP contribution in [0.2, 0.25) is 0 Å². The second-order valence-electron chi connectivity index (χ2n) is 6.46. The number of benzene rings is 3. The Labute approximate surface area is 176 Å². The van der Waals surface area contributed by atoms with Crippen molar-refractivity contribution >= 4 is 38.8 Å². The molecule has 0 spiro atoms. The number of hydrogen-bond donors (Lipinski definition) is 1. The highest BCUT2D eigenvalue weighted by atomic mass is 79.9. The highest BCUT2D eigenvalue weighted by Gasteiger charge is 2.20. The van der Waals surface area contributed by atoms with E-state index in [-0.39, 0.29) is 12.7 Å². The first kappa shape index (κ1) is 19.3. The van der Waals surface area contributed by atoms with Gasteiger partial charge in [-0.25, -0.2) is 5.43 Å². The Hall–Kier alpha value is -3.06. The third-order valence-corrected chi connectivity index (χ3v) is 5.36. The van der Waals surface area contributed by atoms with Gasteiger partial charge in [-0.05, 0) is 63.0 Å². The zero-order chi connectivity index (χ0) is 20.2. The number of rotatable bonds is 6. The van der Waals surface area contributed by atoms with Crippen molar-refractivity contribution in [2.75, 3.05) is 6.79 Å². The maximum atomic E-state index is 12.5. The summed E-state index contributed by atoms with van der Waals surface area (Å²) in [6.07, 6.45) is 1.39. The molecule has 7 heteroatoms. The largest absolute Gasteiger partial charge is 0.479 e. The lowest BCUT2D eigenvalue weighted by Gasteiger charge is -2.17. The molecule has 148 valence electrons. The predicted molar refractivity (Wildman–Crippen MR) is 115 cm³/mol. The summed E-state index contributed by atoms with van der Waals surface area (Å²) in [5.74, 6) is 1.66. The lowest BCUT2D eigenvalue weighted by molar-refractivity contribution is -0.128. The number of carbonyl (C=O) groups is 1. The number of carbonyl (C=O) groups excluding carboxylic acids is 1. The van der Waals surface area contributed by atoms with Gasteiger partial charge in [0.2, 0.25) is 6.79 Å². The van der Waals surface area contributed by atoms with E-state index in [0.717, 1.165) is 20.8 Å². The van der Waals surface area contributed by atoms with Crippen molar-refractivity contribution in [2.24, 2.45) is 5.10 Å². The van der Waals surface area contributed by atoms with Gasteiger partial charge in [0.15, 0.2) is 17.6 Å². The summed E-state index contributed by atoms with van der Waals surface area (Å²) in [5, 5.41) is 6.16. The molecule has 3 aromatic carbocycles. The van der Waals surface area contributed by atoms with Crippen LogP contribution in [-0.4, -0.2) is 25.0 Å².